The van der Waals surface area contributed by atoms with E-state index in [1.54, 1.807) is 0 Å². The zero-order valence-electron chi connectivity index (χ0n) is 9.63. The van der Waals surface area contributed by atoms with Gasteiger partial charge in [-0.1, -0.05) is 24.1 Å². The van der Waals surface area contributed by atoms with Crippen LogP contribution in [0.1, 0.15) is 35.2 Å². The van der Waals surface area contributed by atoms with Crippen molar-refractivity contribution in [1.82, 2.24) is 5.32 Å². The van der Waals surface area contributed by atoms with Gasteiger partial charge in [-0.05, 0) is 31.9 Å². The molecule has 1 aromatic carbocycles. The van der Waals surface area contributed by atoms with Crippen LogP contribution in [-0.4, -0.2) is 18.3 Å². The zero-order valence-corrected chi connectivity index (χ0v) is 10.4. The number of aryl methyl sites for hydroxylation is 1. The molecule has 0 aromatic heterocycles. The highest BCUT2D eigenvalue weighted by atomic mass is 35.5. The normalized spacial score (nSPS) is 10.1. The molecule has 16 heavy (non-hydrogen) atoms. The number of amides is 1. The van der Waals surface area contributed by atoms with E-state index in [9.17, 15) is 4.79 Å². The highest BCUT2D eigenvalue weighted by Gasteiger charge is 2.03. The molecule has 0 heterocycles. The van der Waals surface area contributed by atoms with E-state index < -0.39 is 0 Å². The van der Waals surface area contributed by atoms with E-state index in [2.05, 4.69) is 5.32 Å². The summed E-state index contributed by atoms with van der Waals surface area (Å²) in [6.07, 6.45) is 3.07. The van der Waals surface area contributed by atoms with E-state index in [0.29, 0.717) is 5.88 Å². The van der Waals surface area contributed by atoms with Crippen LogP contribution in [0.2, 0.25) is 0 Å². The molecule has 0 atom stereocenters. The third kappa shape index (κ3) is 4.67. The Morgan fingerprint density at radius 3 is 2.81 bits per heavy atom. The van der Waals surface area contributed by atoms with Crippen LogP contribution in [0.3, 0.4) is 0 Å². The highest BCUT2D eigenvalue weighted by molar-refractivity contribution is 6.17. The Morgan fingerprint density at radius 2 is 2.12 bits per heavy atom. The molecule has 0 radical (unpaired) electrons. The quantitative estimate of drug-likeness (QED) is 0.600. The van der Waals surface area contributed by atoms with E-state index >= 15 is 0 Å². The van der Waals surface area contributed by atoms with Gasteiger partial charge in [0.2, 0.25) is 0 Å². The molecule has 0 aliphatic carbocycles. The Hall–Kier alpha value is -1.02. The molecule has 0 saturated heterocycles. The second-order valence-corrected chi connectivity index (χ2v) is 4.25. The molecule has 0 aliphatic rings. The van der Waals surface area contributed by atoms with Crippen LogP contribution in [0.25, 0.3) is 0 Å². The van der Waals surface area contributed by atoms with Gasteiger partial charge in [0.25, 0.3) is 5.91 Å². The molecule has 88 valence electrons. The predicted molar refractivity (Wildman–Crippen MR) is 68.1 cm³/mol. The summed E-state index contributed by atoms with van der Waals surface area (Å²) in [5, 5.41) is 2.90. The number of hydrogen-bond donors (Lipinski definition) is 1. The first-order chi connectivity index (χ1) is 7.74. The smallest absolute Gasteiger partial charge is 0.251 e. The molecule has 1 aromatic rings. The van der Waals surface area contributed by atoms with Crippen LogP contribution in [0, 0.1) is 6.92 Å². The van der Waals surface area contributed by atoms with Crippen LogP contribution < -0.4 is 5.32 Å². The highest BCUT2D eigenvalue weighted by Crippen LogP contribution is 2.03. The van der Waals surface area contributed by atoms with E-state index in [1.807, 2.05) is 31.2 Å². The van der Waals surface area contributed by atoms with E-state index in [0.717, 1.165) is 36.9 Å². The summed E-state index contributed by atoms with van der Waals surface area (Å²) in [5.41, 5.74) is 1.84. The molecular weight excluding hydrogens is 222 g/mol. The summed E-state index contributed by atoms with van der Waals surface area (Å²) >= 11 is 5.57. The van der Waals surface area contributed by atoms with Crippen molar-refractivity contribution in [3.8, 4) is 0 Å². The standard InChI is InChI=1S/C13H18ClNO/c1-11-6-5-7-12(10-11)13(16)15-9-4-2-3-8-14/h5-7,10H,2-4,8-9H2,1H3,(H,15,16). The summed E-state index contributed by atoms with van der Waals surface area (Å²) in [6.45, 7) is 2.71. The van der Waals surface area contributed by atoms with Gasteiger partial charge in [-0.3, -0.25) is 4.79 Å². The van der Waals surface area contributed by atoms with Crippen LogP contribution in [0.5, 0.6) is 0 Å². The van der Waals surface area contributed by atoms with Gasteiger partial charge in [-0.15, -0.1) is 11.6 Å². The number of alkyl halides is 1. The van der Waals surface area contributed by atoms with Gasteiger partial charge in [-0.2, -0.15) is 0 Å². The fraction of sp³-hybridized carbons (Fsp3) is 0.462. The Balaban J connectivity index is 2.30. The van der Waals surface area contributed by atoms with Crippen molar-refractivity contribution in [3.63, 3.8) is 0 Å². The third-order valence-corrected chi connectivity index (χ3v) is 2.64. The average molecular weight is 240 g/mol. The molecule has 0 bridgehead atoms. The summed E-state index contributed by atoms with van der Waals surface area (Å²) in [5.74, 6) is 0.709. The van der Waals surface area contributed by atoms with Crippen molar-refractivity contribution in [1.29, 1.82) is 0 Å². The van der Waals surface area contributed by atoms with Crippen LogP contribution in [0.15, 0.2) is 24.3 Å². The van der Waals surface area contributed by atoms with E-state index in [1.165, 1.54) is 0 Å². The molecule has 1 rings (SSSR count). The summed E-state index contributed by atoms with van der Waals surface area (Å²) in [7, 11) is 0. The number of rotatable bonds is 6. The third-order valence-electron chi connectivity index (χ3n) is 2.38. The lowest BCUT2D eigenvalue weighted by atomic mass is 10.1. The fourth-order valence-corrected chi connectivity index (χ4v) is 1.68. The first-order valence-corrected chi connectivity index (χ1v) is 6.18. The molecule has 3 heteroatoms. The number of carbonyl (C=O) groups excluding carboxylic acids is 1. The number of unbranched alkanes of at least 4 members (excludes halogenated alkanes) is 2. The first-order valence-electron chi connectivity index (χ1n) is 5.65. The van der Waals surface area contributed by atoms with Gasteiger partial charge in [0.1, 0.15) is 0 Å². The van der Waals surface area contributed by atoms with Crippen molar-refractivity contribution in [2.24, 2.45) is 0 Å². The van der Waals surface area contributed by atoms with Crippen molar-refractivity contribution in [2.75, 3.05) is 12.4 Å². The van der Waals surface area contributed by atoms with Crippen LogP contribution in [0.4, 0.5) is 0 Å². The van der Waals surface area contributed by atoms with Gasteiger partial charge in [0, 0.05) is 18.0 Å². The van der Waals surface area contributed by atoms with E-state index in [4.69, 9.17) is 11.6 Å². The molecule has 2 nitrogen and oxygen atoms in total. The van der Waals surface area contributed by atoms with Crippen molar-refractivity contribution >= 4 is 17.5 Å². The van der Waals surface area contributed by atoms with Gasteiger partial charge >= 0.3 is 0 Å². The van der Waals surface area contributed by atoms with Crippen molar-refractivity contribution < 1.29 is 4.79 Å². The van der Waals surface area contributed by atoms with Gasteiger partial charge in [-0.25, -0.2) is 0 Å². The largest absolute Gasteiger partial charge is 0.352 e. The molecule has 0 spiro atoms. The van der Waals surface area contributed by atoms with Crippen LogP contribution in [-0.2, 0) is 0 Å². The molecule has 1 N–H and O–H groups in total. The minimum absolute atomic E-state index is 0.00886. The minimum atomic E-state index is 0.00886. The maximum absolute atomic E-state index is 11.7. The Kier molecular flexibility index (Phi) is 5.94. The molecule has 0 unspecified atom stereocenters. The SMILES string of the molecule is Cc1cccc(C(=O)NCCCCCCl)c1. The monoisotopic (exact) mass is 239 g/mol. The van der Waals surface area contributed by atoms with Gasteiger partial charge in [0.05, 0.1) is 0 Å². The molecule has 0 saturated carbocycles. The van der Waals surface area contributed by atoms with Crippen molar-refractivity contribution in [2.45, 2.75) is 26.2 Å². The van der Waals surface area contributed by atoms with Crippen LogP contribution >= 0.6 is 11.6 Å². The lowest BCUT2D eigenvalue weighted by Crippen LogP contribution is -2.24. The molecule has 0 fully saturated rings. The number of nitrogens with one attached hydrogen (secondary N) is 1. The predicted octanol–water partition coefficient (Wildman–Crippen LogP) is 3.13. The van der Waals surface area contributed by atoms with Crippen molar-refractivity contribution in [3.05, 3.63) is 35.4 Å². The Bertz CT molecular complexity index is 338. The minimum Gasteiger partial charge on any atom is -0.352 e. The van der Waals surface area contributed by atoms with Gasteiger partial charge in [0.15, 0.2) is 0 Å². The lowest BCUT2D eigenvalue weighted by Gasteiger charge is -2.05. The Labute approximate surface area is 102 Å². The lowest BCUT2D eigenvalue weighted by molar-refractivity contribution is 0.0953. The van der Waals surface area contributed by atoms with E-state index in [-0.39, 0.29) is 5.91 Å². The summed E-state index contributed by atoms with van der Waals surface area (Å²) < 4.78 is 0. The maximum atomic E-state index is 11.7. The second-order valence-electron chi connectivity index (χ2n) is 3.88. The molecule has 0 aliphatic heterocycles. The molecular formula is C13H18ClNO. The van der Waals surface area contributed by atoms with Gasteiger partial charge < -0.3 is 5.32 Å². The number of hydrogen-bond acceptors (Lipinski definition) is 1. The maximum Gasteiger partial charge on any atom is 0.251 e. The zero-order chi connectivity index (χ0) is 11.8. The number of carbonyl (C=O) groups is 1. The number of halogens is 1. The second kappa shape index (κ2) is 7.29. The average Bonchev–Trinajstić information content (AvgIpc) is 2.28. The first kappa shape index (κ1) is 13.0. The molecule has 1 amide bonds. The topological polar surface area (TPSA) is 29.1 Å². The fourth-order valence-electron chi connectivity index (χ4n) is 1.49. The summed E-state index contributed by atoms with van der Waals surface area (Å²) in [4.78, 5) is 11.7. The number of benzene rings is 1. The Morgan fingerprint density at radius 1 is 1.31 bits per heavy atom. The summed E-state index contributed by atoms with van der Waals surface area (Å²) in [6, 6.07) is 7.62.